The number of alkyl halides is 1. The quantitative estimate of drug-likeness (QED) is 0.743. The smallest absolute Gasteiger partial charge is 0.213 e. The first-order valence-corrected chi connectivity index (χ1v) is 3.66. The predicted molar refractivity (Wildman–Crippen MR) is 45.3 cm³/mol. The third-order valence-electron chi connectivity index (χ3n) is 1.37. The van der Waals surface area contributed by atoms with Crippen molar-refractivity contribution in [3.63, 3.8) is 0 Å². The molecule has 66 valence electrons. The lowest BCUT2D eigenvalue weighted by atomic mass is 10.4. The molecule has 4 heteroatoms. The molecule has 0 fully saturated rings. The number of anilines is 1. The van der Waals surface area contributed by atoms with Gasteiger partial charge in [-0.15, -0.1) is 0 Å². The van der Waals surface area contributed by atoms with Crippen LogP contribution in [0.25, 0.3) is 0 Å². The second-order valence-corrected chi connectivity index (χ2v) is 2.20. The highest BCUT2D eigenvalue weighted by Crippen LogP contribution is 2.10. The van der Waals surface area contributed by atoms with Gasteiger partial charge < -0.3 is 10.1 Å². The van der Waals surface area contributed by atoms with Crippen LogP contribution in [0, 0.1) is 0 Å². The number of rotatable bonds is 4. The molecule has 0 aromatic carbocycles. The van der Waals surface area contributed by atoms with Crippen LogP contribution >= 0.6 is 0 Å². The molecule has 0 bridgehead atoms. The number of hydrogen-bond acceptors (Lipinski definition) is 3. The fourth-order valence-corrected chi connectivity index (χ4v) is 0.797. The van der Waals surface area contributed by atoms with E-state index < -0.39 is 0 Å². The maximum atomic E-state index is 11.7. The van der Waals surface area contributed by atoms with Gasteiger partial charge in [-0.25, -0.2) is 9.37 Å². The molecule has 3 nitrogen and oxygen atoms in total. The topological polar surface area (TPSA) is 34.1 Å². The van der Waals surface area contributed by atoms with Gasteiger partial charge in [-0.3, -0.25) is 0 Å². The van der Waals surface area contributed by atoms with Crippen LogP contribution in [0.15, 0.2) is 18.3 Å². The average Bonchev–Trinajstić information content (AvgIpc) is 2.15. The second-order valence-electron chi connectivity index (χ2n) is 2.20. The van der Waals surface area contributed by atoms with Crippen LogP contribution in [0.4, 0.5) is 10.1 Å². The minimum atomic E-state index is -0.383. The zero-order valence-electron chi connectivity index (χ0n) is 6.88. The molecule has 1 heterocycles. The van der Waals surface area contributed by atoms with Crippen LogP contribution in [-0.2, 0) is 0 Å². The molecule has 0 radical (unpaired) electrons. The van der Waals surface area contributed by atoms with Gasteiger partial charge in [0.2, 0.25) is 5.88 Å². The van der Waals surface area contributed by atoms with Crippen LogP contribution in [0.1, 0.15) is 0 Å². The molecule has 0 unspecified atom stereocenters. The Labute approximate surface area is 70.6 Å². The molecular formula is C8H11FN2O. The molecule has 0 saturated carbocycles. The molecule has 1 aromatic heterocycles. The van der Waals surface area contributed by atoms with E-state index in [1.807, 2.05) is 0 Å². The highest BCUT2D eigenvalue weighted by molar-refractivity contribution is 5.41. The van der Waals surface area contributed by atoms with E-state index in [0.29, 0.717) is 12.4 Å². The van der Waals surface area contributed by atoms with Crippen molar-refractivity contribution in [1.29, 1.82) is 0 Å². The van der Waals surface area contributed by atoms with E-state index in [0.717, 1.165) is 5.69 Å². The van der Waals surface area contributed by atoms with Gasteiger partial charge in [-0.05, 0) is 6.07 Å². The number of pyridine rings is 1. The lowest BCUT2D eigenvalue weighted by Crippen LogP contribution is -2.02. The molecule has 1 N–H and O–H groups in total. The summed E-state index contributed by atoms with van der Waals surface area (Å²) in [5, 5.41) is 2.85. The van der Waals surface area contributed by atoms with E-state index >= 15 is 0 Å². The van der Waals surface area contributed by atoms with E-state index in [4.69, 9.17) is 4.74 Å². The number of ether oxygens (including phenoxy) is 1. The lowest BCUT2D eigenvalue weighted by Gasteiger charge is -2.03. The maximum absolute atomic E-state index is 11.7. The molecule has 0 spiro atoms. The van der Waals surface area contributed by atoms with Crippen LogP contribution in [0.5, 0.6) is 5.88 Å². The first kappa shape index (κ1) is 8.77. The Balaban J connectivity index is 2.53. The van der Waals surface area contributed by atoms with Crippen molar-refractivity contribution in [2.24, 2.45) is 0 Å². The van der Waals surface area contributed by atoms with Crippen molar-refractivity contribution < 1.29 is 9.13 Å². The Morgan fingerprint density at radius 2 is 2.42 bits per heavy atom. The summed E-state index contributed by atoms with van der Waals surface area (Å²) in [6.45, 7) is -0.0694. The van der Waals surface area contributed by atoms with Gasteiger partial charge >= 0.3 is 0 Å². The second kappa shape index (κ2) is 4.54. The summed E-state index contributed by atoms with van der Waals surface area (Å²) in [4.78, 5) is 3.94. The van der Waals surface area contributed by atoms with Crippen LogP contribution < -0.4 is 10.1 Å². The maximum Gasteiger partial charge on any atom is 0.213 e. The van der Waals surface area contributed by atoms with Gasteiger partial charge in [-0.2, -0.15) is 0 Å². The molecule has 0 amide bonds. The fraction of sp³-hybridized carbons (Fsp3) is 0.375. The standard InChI is InChI=1S/C8H11FN2O/c1-12-8-3-2-7(6-11-8)10-5-4-9/h2-3,6,10H,4-5H2,1H3. The lowest BCUT2D eigenvalue weighted by molar-refractivity contribution is 0.398. The molecule has 12 heavy (non-hydrogen) atoms. The minimum absolute atomic E-state index is 0.314. The van der Waals surface area contributed by atoms with Crippen molar-refractivity contribution >= 4 is 5.69 Å². The molecule has 0 aliphatic heterocycles. The fourth-order valence-electron chi connectivity index (χ4n) is 0.797. The molecule has 0 aliphatic rings. The third kappa shape index (κ3) is 2.38. The predicted octanol–water partition coefficient (Wildman–Crippen LogP) is 1.47. The zero-order chi connectivity index (χ0) is 8.81. The summed E-state index contributed by atoms with van der Waals surface area (Å²) < 4.78 is 16.6. The summed E-state index contributed by atoms with van der Waals surface area (Å²) in [6, 6.07) is 3.52. The average molecular weight is 170 g/mol. The van der Waals surface area contributed by atoms with Gasteiger partial charge in [0.05, 0.1) is 19.0 Å². The third-order valence-corrected chi connectivity index (χ3v) is 1.37. The highest BCUT2D eigenvalue weighted by Gasteiger charge is 1.93. The molecule has 0 aliphatic carbocycles. The van der Waals surface area contributed by atoms with E-state index in [9.17, 15) is 4.39 Å². The Morgan fingerprint density at radius 1 is 1.58 bits per heavy atom. The van der Waals surface area contributed by atoms with Crippen molar-refractivity contribution in [1.82, 2.24) is 4.98 Å². The minimum Gasteiger partial charge on any atom is -0.481 e. The Hall–Kier alpha value is -1.32. The summed E-state index contributed by atoms with van der Waals surface area (Å²) >= 11 is 0. The van der Waals surface area contributed by atoms with Gasteiger partial charge in [0, 0.05) is 12.6 Å². The zero-order valence-corrected chi connectivity index (χ0v) is 6.88. The van der Waals surface area contributed by atoms with Crippen LogP contribution in [0.3, 0.4) is 0 Å². The number of aromatic nitrogens is 1. The number of halogens is 1. The summed E-state index contributed by atoms with van der Waals surface area (Å²) in [5.41, 5.74) is 0.799. The van der Waals surface area contributed by atoms with E-state index in [1.165, 1.54) is 0 Å². The summed E-state index contributed by atoms with van der Waals surface area (Å²) in [7, 11) is 1.55. The van der Waals surface area contributed by atoms with Gasteiger partial charge in [0.1, 0.15) is 6.67 Å². The normalized spacial score (nSPS) is 9.50. The summed E-state index contributed by atoms with van der Waals surface area (Å²) in [5.74, 6) is 0.556. The van der Waals surface area contributed by atoms with Crippen LogP contribution in [0.2, 0.25) is 0 Å². The van der Waals surface area contributed by atoms with Crippen molar-refractivity contribution in [3.05, 3.63) is 18.3 Å². The van der Waals surface area contributed by atoms with Gasteiger partial charge in [0.25, 0.3) is 0 Å². The van der Waals surface area contributed by atoms with Crippen molar-refractivity contribution in [3.8, 4) is 5.88 Å². The first-order chi connectivity index (χ1) is 5.86. The number of hydrogen-bond donors (Lipinski definition) is 1. The SMILES string of the molecule is COc1ccc(NCCF)cn1. The number of methoxy groups -OCH3 is 1. The molecule has 1 aromatic rings. The molecule has 0 saturated heterocycles. The summed E-state index contributed by atoms with van der Waals surface area (Å²) in [6.07, 6.45) is 1.61. The number of nitrogens with zero attached hydrogens (tertiary/aromatic N) is 1. The Kier molecular flexibility index (Phi) is 3.32. The monoisotopic (exact) mass is 170 g/mol. The van der Waals surface area contributed by atoms with E-state index in [-0.39, 0.29) is 6.67 Å². The molecular weight excluding hydrogens is 159 g/mol. The van der Waals surface area contributed by atoms with Crippen LogP contribution in [-0.4, -0.2) is 25.3 Å². The van der Waals surface area contributed by atoms with E-state index in [1.54, 1.807) is 25.4 Å². The van der Waals surface area contributed by atoms with Gasteiger partial charge in [-0.1, -0.05) is 0 Å². The first-order valence-electron chi connectivity index (χ1n) is 3.66. The largest absolute Gasteiger partial charge is 0.481 e. The Morgan fingerprint density at radius 3 is 2.92 bits per heavy atom. The number of nitrogens with one attached hydrogen (secondary N) is 1. The highest BCUT2D eigenvalue weighted by atomic mass is 19.1. The van der Waals surface area contributed by atoms with E-state index in [2.05, 4.69) is 10.3 Å². The van der Waals surface area contributed by atoms with Crippen molar-refractivity contribution in [2.45, 2.75) is 0 Å². The Bertz CT molecular complexity index is 225. The molecule has 0 atom stereocenters. The van der Waals surface area contributed by atoms with Gasteiger partial charge in [0.15, 0.2) is 0 Å². The van der Waals surface area contributed by atoms with Crippen molar-refractivity contribution in [2.75, 3.05) is 25.6 Å². The molecule has 1 rings (SSSR count).